The van der Waals surface area contributed by atoms with Crippen molar-refractivity contribution in [1.29, 1.82) is 0 Å². The van der Waals surface area contributed by atoms with Gasteiger partial charge in [0, 0.05) is 11.5 Å². The molecule has 0 aromatic carbocycles. The van der Waals surface area contributed by atoms with E-state index in [1.54, 1.807) is 0 Å². The van der Waals surface area contributed by atoms with Crippen molar-refractivity contribution in [2.45, 2.75) is 70.3 Å². The van der Waals surface area contributed by atoms with Gasteiger partial charge in [-0.05, 0) is 36.5 Å². The Kier molecular flexibility index (Phi) is 8.38. The molecule has 6 nitrogen and oxygen atoms in total. The van der Waals surface area contributed by atoms with Gasteiger partial charge in [0.15, 0.2) is 8.32 Å². The second kappa shape index (κ2) is 8.64. The third kappa shape index (κ3) is 6.72. The highest BCUT2D eigenvalue weighted by molar-refractivity contribution is 6.74. The Balaban J connectivity index is 4.05. The zero-order valence-corrected chi connectivity index (χ0v) is 14.3. The van der Waals surface area contributed by atoms with E-state index in [9.17, 15) is 5.11 Å². The van der Waals surface area contributed by atoms with Crippen molar-refractivity contribution in [3.63, 3.8) is 0 Å². The molecule has 0 rings (SSSR count). The molecule has 0 aliphatic rings. The van der Waals surface area contributed by atoms with Gasteiger partial charge in [-0.25, -0.2) is 0 Å². The summed E-state index contributed by atoms with van der Waals surface area (Å²) in [5.41, 5.74) is 8.43. The van der Waals surface area contributed by atoms with Gasteiger partial charge in [-0.1, -0.05) is 32.3 Å². The van der Waals surface area contributed by atoms with Crippen LogP contribution in [0.3, 0.4) is 0 Å². The lowest BCUT2D eigenvalue weighted by Crippen LogP contribution is -2.41. The number of nitrogens with zero attached hydrogens (tertiary/aromatic N) is 3. The summed E-state index contributed by atoms with van der Waals surface area (Å²) in [6.07, 6.45) is 1.25. The fourth-order valence-corrected chi connectivity index (χ4v) is 2.60. The van der Waals surface area contributed by atoms with E-state index in [1.165, 1.54) is 0 Å². The van der Waals surface area contributed by atoms with Crippen LogP contribution < -0.4 is 0 Å². The van der Waals surface area contributed by atoms with E-state index in [0.717, 1.165) is 12.8 Å². The molecule has 0 spiro atoms. The zero-order chi connectivity index (χ0) is 15.8. The van der Waals surface area contributed by atoms with E-state index in [2.05, 4.69) is 43.9 Å². The van der Waals surface area contributed by atoms with E-state index < -0.39 is 20.5 Å². The zero-order valence-electron chi connectivity index (χ0n) is 13.3. The number of hydrogen-bond donors (Lipinski definition) is 2. The summed E-state index contributed by atoms with van der Waals surface area (Å²) < 4.78 is 6.05. The molecule has 0 fully saturated rings. The summed E-state index contributed by atoms with van der Waals surface area (Å²) in [5.74, 6) is 0. The minimum Gasteiger partial charge on any atom is -0.417 e. The molecule has 0 aromatic heterocycles. The van der Waals surface area contributed by atoms with E-state index in [1.807, 2.05) is 0 Å². The van der Waals surface area contributed by atoms with Gasteiger partial charge in [0.25, 0.3) is 0 Å². The molecular weight excluding hydrogens is 274 g/mol. The van der Waals surface area contributed by atoms with Gasteiger partial charge in [0.1, 0.15) is 0 Å². The van der Waals surface area contributed by atoms with Crippen molar-refractivity contribution in [2.75, 3.05) is 13.2 Å². The first-order chi connectivity index (χ1) is 9.15. The Morgan fingerprint density at radius 2 is 1.90 bits per heavy atom. The van der Waals surface area contributed by atoms with E-state index >= 15 is 0 Å². The highest BCUT2D eigenvalue weighted by Crippen LogP contribution is 2.36. The van der Waals surface area contributed by atoms with Gasteiger partial charge < -0.3 is 14.6 Å². The second-order valence-corrected chi connectivity index (χ2v) is 11.4. The van der Waals surface area contributed by atoms with Gasteiger partial charge >= 0.3 is 0 Å². The van der Waals surface area contributed by atoms with Crippen LogP contribution in [0.2, 0.25) is 18.1 Å². The Labute approximate surface area is 122 Å². The highest BCUT2D eigenvalue weighted by atomic mass is 28.4. The van der Waals surface area contributed by atoms with Crippen LogP contribution in [0.25, 0.3) is 10.4 Å². The molecule has 2 N–H and O–H groups in total. The van der Waals surface area contributed by atoms with Crippen LogP contribution >= 0.6 is 0 Å². The van der Waals surface area contributed by atoms with Gasteiger partial charge in [-0.15, -0.1) is 0 Å². The molecule has 0 amide bonds. The van der Waals surface area contributed by atoms with Crippen molar-refractivity contribution in [3.05, 3.63) is 10.4 Å². The number of aliphatic hydroxyl groups excluding tert-OH is 2. The predicted octanol–water partition coefficient (Wildman–Crippen LogP) is 3.21. The molecule has 0 aromatic rings. The second-order valence-electron chi connectivity index (χ2n) is 6.63. The van der Waals surface area contributed by atoms with Crippen molar-refractivity contribution < 1.29 is 14.6 Å². The number of hydrogen-bond acceptors (Lipinski definition) is 4. The molecule has 2 atom stereocenters. The Hall–Kier alpha value is -0.593. The molecule has 0 bridgehead atoms. The van der Waals surface area contributed by atoms with Crippen molar-refractivity contribution in [3.8, 4) is 0 Å². The minimum absolute atomic E-state index is 0.202. The first kappa shape index (κ1) is 19.4. The Bertz CT molecular complexity index is 325. The third-order valence-electron chi connectivity index (χ3n) is 3.99. The van der Waals surface area contributed by atoms with Crippen molar-refractivity contribution in [1.82, 2.24) is 0 Å². The number of unbranched alkanes of at least 4 members (excludes halogenated alkanes) is 1. The lowest BCUT2D eigenvalue weighted by atomic mass is 10.1. The van der Waals surface area contributed by atoms with Crippen molar-refractivity contribution in [2.24, 2.45) is 5.11 Å². The normalized spacial score (nSPS) is 15.6. The molecule has 20 heavy (non-hydrogen) atoms. The van der Waals surface area contributed by atoms with Gasteiger partial charge in [-0.3, -0.25) is 0 Å². The monoisotopic (exact) mass is 303 g/mol. The fraction of sp³-hybridized carbons (Fsp3) is 1.00. The van der Waals surface area contributed by atoms with Crippen LogP contribution in [-0.2, 0) is 4.43 Å². The first-order valence-electron chi connectivity index (χ1n) is 7.13. The molecular formula is C13H29N3O3Si. The molecule has 0 heterocycles. The van der Waals surface area contributed by atoms with E-state index in [0.29, 0.717) is 13.0 Å². The highest BCUT2D eigenvalue weighted by Gasteiger charge is 2.36. The van der Waals surface area contributed by atoms with Crippen molar-refractivity contribution >= 4 is 8.32 Å². The summed E-state index contributed by atoms with van der Waals surface area (Å²) >= 11 is 0. The predicted molar refractivity (Wildman–Crippen MR) is 83.0 cm³/mol. The largest absolute Gasteiger partial charge is 0.417 e. The van der Waals surface area contributed by atoms with Crippen LogP contribution in [0.1, 0.15) is 40.0 Å². The van der Waals surface area contributed by atoms with Crippen LogP contribution in [-0.4, -0.2) is 43.9 Å². The molecule has 0 aliphatic carbocycles. The first-order valence-corrected chi connectivity index (χ1v) is 10.0. The molecule has 118 valence electrons. The number of aliphatic hydroxyl groups is 2. The van der Waals surface area contributed by atoms with Crippen LogP contribution in [0.4, 0.5) is 0 Å². The molecule has 0 saturated heterocycles. The average Bonchev–Trinajstić information content (AvgIpc) is 2.34. The minimum atomic E-state index is -1.70. The maximum absolute atomic E-state index is 9.50. The van der Waals surface area contributed by atoms with E-state index in [4.69, 9.17) is 15.1 Å². The molecule has 7 heteroatoms. The Morgan fingerprint density at radius 1 is 1.30 bits per heavy atom. The number of rotatable bonds is 9. The summed E-state index contributed by atoms with van der Waals surface area (Å²) in [7, 11) is -1.70. The quantitative estimate of drug-likeness (QED) is 0.225. The lowest BCUT2D eigenvalue weighted by molar-refractivity contribution is 0.0708. The summed E-state index contributed by atoms with van der Waals surface area (Å²) in [6, 6.07) is -0.558. The maximum Gasteiger partial charge on any atom is 0.191 e. The topological polar surface area (TPSA) is 98.5 Å². The molecule has 0 aliphatic heterocycles. The van der Waals surface area contributed by atoms with Gasteiger partial charge in [-0.2, -0.15) is 0 Å². The summed E-state index contributed by atoms with van der Waals surface area (Å²) in [4.78, 5) is 2.70. The average molecular weight is 303 g/mol. The number of azide groups is 1. The fourth-order valence-electron chi connectivity index (χ4n) is 1.51. The van der Waals surface area contributed by atoms with Gasteiger partial charge in [0.05, 0.1) is 18.8 Å². The van der Waals surface area contributed by atoms with Crippen LogP contribution in [0, 0.1) is 0 Å². The summed E-state index contributed by atoms with van der Waals surface area (Å²) in [5, 5.41) is 22.1. The lowest BCUT2D eigenvalue weighted by Gasteiger charge is -2.36. The Morgan fingerprint density at radius 3 is 2.35 bits per heavy atom. The molecule has 0 unspecified atom stereocenters. The smallest absolute Gasteiger partial charge is 0.191 e. The van der Waals surface area contributed by atoms with Crippen LogP contribution in [0.15, 0.2) is 5.11 Å². The molecule has 0 saturated carbocycles. The van der Waals surface area contributed by atoms with Crippen LogP contribution in [0.5, 0.6) is 0 Å². The maximum atomic E-state index is 9.50. The SMILES string of the molecule is CC(C)(C)[Si](C)(C)OCCCC[C@H](N=[N+]=[N-])[C@H](O)CO. The van der Waals surface area contributed by atoms with E-state index in [-0.39, 0.29) is 11.6 Å². The standard InChI is InChI=1S/C13H29N3O3Si/c1-13(2,3)20(4,5)19-9-7-6-8-11(15-16-14)12(18)10-17/h11-12,17-18H,6-10H2,1-5H3/t11-,12+/m0/s1. The third-order valence-corrected chi connectivity index (χ3v) is 8.53. The summed E-state index contributed by atoms with van der Waals surface area (Å²) in [6.45, 7) is 11.3. The molecule has 0 radical (unpaired) electrons. The van der Waals surface area contributed by atoms with Gasteiger partial charge in [0.2, 0.25) is 0 Å².